The van der Waals surface area contributed by atoms with Gasteiger partial charge in [-0.05, 0) is 65.8 Å². The summed E-state index contributed by atoms with van der Waals surface area (Å²) in [5, 5.41) is 3.32. The van der Waals surface area contributed by atoms with Crippen molar-refractivity contribution in [2.75, 3.05) is 64.5 Å². The first kappa shape index (κ1) is 28.6. The molecular weight excluding hydrogens is 474 g/mol. The van der Waals surface area contributed by atoms with Crippen LogP contribution < -0.4 is 15.0 Å². The zero-order chi connectivity index (χ0) is 26.8. The van der Waals surface area contributed by atoms with E-state index in [1.807, 2.05) is 18.2 Å². The highest BCUT2D eigenvalue weighted by molar-refractivity contribution is 6.38. The molecule has 1 fully saturated rings. The minimum Gasteiger partial charge on any atom is -0.495 e. The lowest BCUT2D eigenvalue weighted by atomic mass is 9.78. The van der Waals surface area contributed by atoms with Gasteiger partial charge in [0.15, 0.2) is 6.29 Å². The highest BCUT2D eigenvalue weighted by atomic mass is 16.6. The van der Waals surface area contributed by atoms with Crippen molar-refractivity contribution in [2.45, 2.75) is 46.8 Å². The number of rotatable bonds is 12. The van der Waals surface area contributed by atoms with Gasteiger partial charge in [-0.2, -0.15) is 0 Å². The summed E-state index contributed by atoms with van der Waals surface area (Å²) in [4.78, 5) is 39.6. The van der Waals surface area contributed by atoms with Gasteiger partial charge in [-0.1, -0.05) is 12.1 Å². The standard InChI is InChI=1S/C27H41N5O5/c1-6-36-24(33)27(25(34)37-7-2)20(3)29-26(30-21(27)4)28-14-10-11-15-31-16-18-32(19-17-31)22-12-8-9-13-23(22)35-5/h8-9,12-13,26,28H,6-7,10-11,14-19H2,1-5H3. The van der Waals surface area contributed by atoms with E-state index < -0.39 is 23.6 Å². The number of anilines is 1. The minimum absolute atomic E-state index is 0.151. The molecule has 2 heterocycles. The van der Waals surface area contributed by atoms with Crippen LogP contribution in [0.4, 0.5) is 5.69 Å². The van der Waals surface area contributed by atoms with E-state index in [9.17, 15) is 9.59 Å². The van der Waals surface area contributed by atoms with Crippen LogP contribution in [0.3, 0.4) is 0 Å². The summed E-state index contributed by atoms with van der Waals surface area (Å²) in [6.45, 7) is 12.8. The van der Waals surface area contributed by atoms with Crippen molar-refractivity contribution >= 4 is 29.0 Å². The molecule has 3 rings (SSSR count). The molecule has 0 bridgehead atoms. The van der Waals surface area contributed by atoms with Gasteiger partial charge in [0.1, 0.15) is 5.75 Å². The zero-order valence-electron chi connectivity index (χ0n) is 22.8. The maximum Gasteiger partial charge on any atom is 0.335 e. The predicted octanol–water partition coefficient (Wildman–Crippen LogP) is 2.52. The predicted molar refractivity (Wildman–Crippen MR) is 145 cm³/mol. The molecule has 204 valence electrons. The summed E-state index contributed by atoms with van der Waals surface area (Å²) < 4.78 is 15.9. The van der Waals surface area contributed by atoms with Crippen LogP contribution in [0.1, 0.15) is 40.5 Å². The Labute approximate surface area is 220 Å². The second-order valence-electron chi connectivity index (χ2n) is 9.16. The average molecular weight is 516 g/mol. The number of nitrogens with zero attached hydrogens (tertiary/aromatic N) is 4. The van der Waals surface area contributed by atoms with Crippen LogP contribution in [-0.4, -0.2) is 94.1 Å². The van der Waals surface area contributed by atoms with Crippen molar-refractivity contribution in [3.63, 3.8) is 0 Å². The molecule has 0 atom stereocenters. The summed E-state index contributed by atoms with van der Waals surface area (Å²) in [5.74, 6) is -0.470. The van der Waals surface area contributed by atoms with Crippen molar-refractivity contribution in [1.29, 1.82) is 0 Å². The Morgan fingerprint density at radius 2 is 1.57 bits per heavy atom. The number of carbonyl (C=O) groups is 2. The van der Waals surface area contributed by atoms with Gasteiger partial charge in [0.05, 0.1) is 26.0 Å². The molecule has 2 aliphatic heterocycles. The number of ether oxygens (including phenoxy) is 3. The molecule has 10 nitrogen and oxygen atoms in total. The number of unbranched alkanes of at least 4 members (excludes halogenated alkanes) is 1. The fraction of sp³-hybridized carbons (Fsp3) is 0.630. The van der Waals surface area contributed by atoms with Crippen LogP contribution in [0.2, 0.25) is 0 Å². The molecule has 0 saturated carbocycles. The number of nitrogens with one attached hydrogen (secondary N) is 1. The van der Waals surface area contributed by atoms with Crippen LogP contribution in [0.5, 0.6) is 5.75 Å². The number of methoxy groups -OCH3 is 1. The number of para-hydroxylation sites is 2. The van der Waals surface area contributed by atoms with Crippen LogP contribution in [-0.2, 0) is 19.1 Å². The molecule has 0 aromatic heterocycles. The normalized spacial score (nSPS) is 18.1. The summed E-state index contributed by atoms with van der Waals surface area (Å²) in [7, 11) is 1.72. The molecule has 1 N–H and O–H groups in total. The van der Waals surface area contributed by atoms with E-state index in [1.165, 1.54) is 0 Å². The van der Waals surface area contributed by atoms with Gasteiger partial charge in [-0.15, -0.1) is 0 Å². The summed E-state index contributed by atoms with van der Waals surface area (Å²) in [6, 6.07) is 8.17. The van der Waals surface area contributed by atoms with Crippen molar-refractivity contribution in [3.8, 4) is 5.75 Å². The third kappa shape index (κ3) is 6.48. The number of aliphatic imine (C=N–C) groups is 2. The largest absolute Gasteiger partial charge is 0.495 e. The highest BCUT2D eigenvalue weighted by Crippen LogP contribution is 2.31. The topological polar surface area (TPSA) is 105 Å². The lowest BCUT2D eigenvalue weighted by Crippen LogP contribution is -2.55. The number of benzene rings is 1. The Balaban J connectivity index is 1.45. The number of hydrogen-bond donors (Lipinski definition) is 1. The Bertz CT molecular complexity index is 947. The maximum absolute atomic E-state index is 12.8. The molecule has 2 aliphatic rings. The first-order valence-corrected chi connectivity index (χ1v) is 13.2. The van der Waals surface area contributed by atoms with E-state index in [-0.39, 0.29) is 13.2 Å². The number of piperazine rings is 1. The Kier molecular flexibility index (Phi) is 10.5. The molecule has 0 unspecified atom stereocenters. The molecule has 1 saturated heterocycles. The van der Waals surface area contributed by atoms with Crippen LogP contribution in [0.15, 0.2) is 34.3 Å². The van der Waals surface area contributed by atoms with Gasteiger partial charge in [-0.25, -0.2) is 9.59 Å². The quantitative estimate of drug-likeness (QED) is 0.257. The Morgan fingerprint density at radius 3 is 2.14 bits per heavy atom. The van der Waals surface area contributed by atoms with Gasteiger partial charge in [-0.3, -0.25) is 20.2 Å². The second-order valence-corrected chi connectivity index (χ2v) is 9.16. The molecule has 1 aromatic rings. The molecule has 0 amide bonds. The Morgan fingerprint density at radius 1 is 0.973 bits per heavy atom. The maximum atomic E-state index is 12.8. The van der Waals surface area contributed by atoms with Gasteiger partial charge >= 0.3 is 11.9 Å². The molecular formula is C27H41N5O5. The molecule has 1 aromatic carbocycles. The van der Waals surface area contributed by atoms with Gasteiger partial charge < -0.3 is 19.1 Å². The average Bonchev–Trinajstić information content (AvgIpc) is 2.89. The van der Waals surface area contributed by atoms with Crippen molar-refractivity contribution in [2.24, 2.45) is 15.4 Å². The number of carbonyl (C=O) groups excluding carboxylic acids is 2. The third-order valence-electron chi connectivity index (χ3n) is 6.91. The fourth-order valence-corrected chi connectivity index (χ4v) is 4.89. The number of esters is 2. The lowest BCUT2D eigenvalue weighted by molar-refractivity contribution is -0.161. The van der Waals surface area contributed by atoms with Crippen LogP contribution in [0.25, 0.3) is 0 Å². The second kappa shape index (κ2) is 13.5. The molecule has 0 aliphatic carbocycles. The summed E-state index contributed by atoms with van der Waals surface area (Å²) in [5.41, 5.74) is 0.114. The molecule has 10 heteroatoms. The smallest absolute Gasteiger partial charge is 0.335 e. The molecule has 0 radical (unpaired) electrons. The van der Waals surface area contributed by atoms with E-state index in [2.05, 4.69) is 31.2 Å². The van der Waals surface area contributed by atoms with Crippen LogP contribution >= 0.6 is 0 Å². The van der Waals surface area contributed by atoms with Gasteiger partial charge in [0.25, 0.3) is 0 Å². The van der Waals surface area contributed by atoms with E-state index >= 15 is 0 Å². The third-order valence-corrected chi connectivity index (χ3v) is 6.91. The van der Waals surface area contributed by atoms with Crippen LogP contribution in [0, 0.1) is 5.41 Å². The SMILES string of the molecule is CCOC(=O)C1(C(=O)OCC)C(C)=NC(NCCCCN2CCN(c3ccccc3OC)CC2)N=C1C. The Hall–Kier alpha value is -2.98. The first-order chi connectivity index (χ1) is 17.9. The van der Waals surface area contributed by atoms with E-state index in [1.54, 1.807) is 34.8 Å². The number of hydrogen-bond acceptors (Lipinski definition) is 10. The fourth-order valence-electron chi connectivity index (χ4n) is 4.89. The first-order valence-electron chi connectivity index (χ1n) is 13.2. The van der Waals surface area contributed by atoms with Crippen molar-refractivity contribution < 1.29 is 23.8 Å². The minimum atomic E-state index is -1.71. The summed E-state index contributed by atoms with van der Waals surface area (Å²) in [6.07, 6.45) is 1.48. The van der Waals surface area contributed by atoms with Gasteiger partial charge in [0, 0.05) is 37.6 Å². The van der Waals surface area contributed by atoms with E-state index in [4.69, 9.17) is 14.2 Å². The highest BCUT2D eigenvalue weighted by Gasteiger charge is 2.56. The lowest BCUT2D eigenvalue weighted by Gasteiger charge is -2.36. The zero-order valence-corrected chi connectivity index (χ0v) is 22.8. The molecule has 37 heavy (non-hydrogen) atoms. The summed E-state index contributed by atoms with van der Waals surface area (Å²) >= 11 is 0. The monoisotopic (exact) mass is 515 g/mol. The van der Waals surface area contributed by atoms with Crippen molar-refractivity contribution in [1.82, 2.24) is 10.2 Å². The van der Waals surface area contributed by atoms with Crippen molar-refractivity contribution in [3.05, 3.63) is 24.3 Å². The van der Waals surface area contributed by atoms with Gasteiger partial charge in [0.2, 0.25) is 5.41 Å². The van der Waals surface area contributed by atoms with E-state index in [0.717, 1.165) is 63.5 Å². The van der Waals surface area contributed by atoms with E-state index in [0.29, 0.717) is 11.4 Å². The molecule has 0 spiro atoms.